The van der Waals surface area contributed by atoms with Crippen LogP contribution in [0.2, 0.25) is 0 Å². The molecule has 10 heteroatoms. The predicted molar refractivity (Wildman–Crippen MR) is 118 cm³/mol. The van der Waals surface area contributed by atoms with Gasteiger partial charge in [-0.25, -0.2) is 13.1 Å². The molecule has 0 fully saturated rings. The summed E-state index contributed by atoms with van der Waals surface area (Å²) in [7, 11) is -0.380. The lowest BCUT2D eigenvalue weighted by Gasteiger charge is -2.11. The van der Waals surface area contributed by atoms with Crippen LogP contribution in [0.3, 0.4) is 0 Å². The Morgan fingerprint density at radius 1 is 1.24 bits per heavy atom. The monoisotopic (exact) mass is 529 g/mol. The van der Waals surface area contributed by atoms with Crippen LogP contribution in [-0.4, -0.2) is 38.1 Å². The van der Waals surface area contributed by atoms with Crippen LogP contribution in [0.1, 0.15) is 21.5 Å². The molecule has 29 heavy (non-hydrogen) atoms. The predicted octanol–water partition coefficient (Wildman–Crippen LogP) is 3.27. The highest BCUT2D eigenvalue weighted by Crippen LogP contribution is 2.28. The Labute approximate surface area is 183 Å². The van der Waals surface area contributed by atoms with Crippen molar-refractivity contribution in [2.45, 2.75) is 15.9 Å². The van der Waals surface area contributed by atoms with Crippen molar-refractivity contribution in [1.29, 1.82) is 0 Å². The fraction of sp³-hybridized carbons (Fsp3) is 0.211. The van der Waals surface area contributed by atoms with E-state index in [0.717, 1.165) is 0 Å². The molecular formula is C19H20IN3O5S. The van der Waals surface area contributed by atoms with Gasteiger partial charge in [-0.05, 0) is 17.7 Å². The summed E-state index contributed by atoms with van der Waals surface area (Å²) in [5, 5.41) is 11.2. The number of nitro benzene ring substituents is 1. The van der Waals surface area contributed by atoms with Crippen LogP contribution in [0.25, 0.3) is 0 Å². The first kappa shape index (κ1) is 23.0. The molecule has 2 aromatic carbocycles. The molecule has 0 saturated carbocycles. The van der Waals surface area contributed by atoms with Crippen LogP contribution >= 0.6 is 22.6 Å². The second-order valence-corrected chi connectivity index (χ2v) is 8.81. The summed E-state index contributed by atoms with van der Waals surface area (Å²) in [5.74, 6) is -0.200. The lowest BCUT2D eigenvalue weighted by Crippen LogP contribution is -2.24. The van der Waals surface area contributed by atoms with Gasteiger partial charge in [-0.3, -0.25) is 14.9 Å². The molecule has 0 aliphatic rings. The highest BCUT2D eigenvalue weighted by atomic mass is 127. The zero-order valence-electron chi connectivity index (χ0n) is 15.8. The molecule has 0 atom stereocenters. The molecule has 0 unspecified atom stereocenters. The van der Waals surface area contributed by atoms with Gasteiger partial charge in [0.1, 0.15) is 0 Å². The van der Waals surface area contributed by atoms with Crippen LogP contribution in [0.4, 0.5) is 5.69 Å². The van der Waals surface area contributed by atoms with E-state index in [1.165, 1.54) is 24.3 Å². The summed E-state index contributed by atoms with van der Waals surface area (Å²) in [6.45, 7) is -0.0514. The lowest BCUT2D eigenvalue weighted by molar-refractivity contribution is -0.385. The molecule has 0 saturated heterocycles. The molecule has 0 heterocycles. The standard InChI is InChI=1S/C19H20IN3O5S/c1-22(2)10-9-18(24)15-6-3-5-14(11-15)13-21-29(27,28)19-8-4-7-17(23(25)26)16(19)12-20/h3-11,21H,12-13H2,1-2H3. The van der Waals surface area contributed by atoms with Crippen molar-refractivity contribution in [3.63, 3.8) is 0 Å². The molecule has 2 aromatic rings. The number of halogens is 1. The van der Waals surface area contributed by atoms with E-state index in [2.05, 4.69) is 4.72 Å². The van der Waals surface area contributed by atoms with Crippen molar-refractivity contribution in [2.24, 2.45) is 0 Å². The number of ketones is 1. The second kappa shape index (κ2) is 9.94. The highest BCUT2D eigenvalue weighted by molar-refractivity contribution is 14.1. The molecule has 1 N–H and O–H groups in total. The van der Waals surface area contributed by atoms with Gasteiger partial charge in [0.05, 0.1) is 15.4 Å². The van der Waals surface area contributed by atoms with Gasteiger partial charge in [-0.1, -0.05) is 46.9 Å². The van der Waals surface area contributed by atoms with Gasteiger partial charge in [0.2, 0.25) is 10.0 Å². The number of alkyl halides is 1. The maximum atomic E-state index is 12.7. The van der Waals surface area contributed by atoms with Crippen molar-refractivity contribution < 1.29 is 18.1 Å². The Hall–Kier alpha value is -2.31. The van der Waals surface area contributed by atoms with Crippen LogP contribution < -0.4 is 4.72 Å². The van der Waals surface area contributed by atoms with E-state index < -0.39 is 14.9 Å². The van der Waals surface area contributed by atoms with E-state index in [4.69, 9.17) is 0 Å². The quantitative estimate of drug-likeness (QED) is 0.133. The smallest absolute Gasteiger partial charge is 0.274 e. The summed E-state index contributed by atoms with van der Waals surface area (Å²) in [6, 6.07) is 10.6. The largest absolute Gasteiger partial charge is 0.383 e. The van der Waals surface area contributed by atoms with Crippen molar-refractivity contribution in [2.75, 3.05) is 14.1 Å². The molecule has 0 aromatic heterocycles. The van der Waals surface area contributed by atoms with Crippen molar-refractivity contribution in [1.82, 2.24) is 9.62 Å². The molecule has 2 rings (SSSR count). The Kier molecular flexibility index (Phi) is 7.88. The van der Waals surface area contributed by atoms with Gasteiger partial charge >= 0.3 is 0 Å². The van der Waals surface area contributed by atoms with E-state index >= 15 is 0 Å². The number of carbonyl (C=O) groups excluding carboxylic acids is 1. The number of hydrogen-bond donors (Lipinski definition) is 1. The first-order valence-electron chi connectivity index (χ1n) is 8.45. The molecule has 0 amide bonds. The van der Waals surface area contributed by atoms with E-state index in [1.807, 2.05) is 22.6 Å². The van der Waals surface area contributed by atoms with E-state index in [1.54, 1.807) is 49.5 Å². The van der Waals surface area contributed by atoms with Crippen LogP contribution in [0, 0.1) is 10.1 Å². The number of nitrogens with zero attached hydrogens (tertiary/aromatic N) is 2. The summed E-state index contributed by atoms with van der Waals surface area (Å²) in [5.41, 5.74) is 0.938. The van der Waals surface area contributed by atoms with E-state index in [9.17, 15) is 23.3 Å². The number of rotatable bonds is 9. The topological polar surface area (TPSA) is 110 Å². The third kappa shape index (κ3) is 6.08. The SMILES string of the molecule is CN(C)C=CC(=O)c1cccc(CNS(=O)(=O)c2cccc([N+](=O)[O-])c2CI)c1. The number of hydrogen-bond acceptors (Lipinski definition) is 6. The Morgan fingerprint density at radius 3 is 2.55 bits per heavy atom. The highest BCUT2D eigenvalue weighted by Gasteiger charge is 2.24. The number of carbonyl (C=O) groups is 1. The molecule has 0 bridgehead atoms. The third-order valence-corrected chi connectivity index (χ3v) is 6.18. The minimum atomic E-state index is -3.98. The summed E-state index contributed by atoms with van der Waals surface area (Å²) < 4.78 is 28.1. The average molecular weight is 529 g/mol. The first-order valence-corrected chi connectivity index (χ1v) is 11.5. The molecule has 0 aliphatic carbocycles. The molecular weight excluding hydrogens is 509 g/mol. The van der Waals surface area contributed by atoms with Crippen molar-refractivity contribution in [3.8, 4) is 0 Å². The lowest BCUT2D eigenvalue weighted by atomic mass is 10.1. The fourth-order valence-corrected chi connectivity index (χ4v) is 4.85. The van der Waals surface area contributed by atoms with E-state index in [0.29, 0.717) is 11.1 Å². The number of nitro groups is 1. The number of sulfonamides is 1. The second-order valence-electron chi connectivity index (χ2n) is 6.31. The zero-order valence-corrected chi connectivity index (χ0v) is 18.8. The van der Waals surface area contributed by atoms with Gasteiger partial charge in [0.25, 0.3) is 5.69 Å². The van der Waals surface area contributed by atoms with Gasteiger partial charge in [0, 0.05) is 49.0 Å². The van der Waals surface area contributed by atoms with Crippen molar-refractivity contribution >= 4 is 44.1 Å². The minimum Gasteiger partial charge on any atom is -0.383 e. The molecule has 0 spiro atoms. The summed E-state index contributed by atoms with van der Waals surface area (Å²) in [4.78, 5) is 24.4. The fourth-order valence-electron chi connectivity index (χ4n) is 2.51. The maximum absolute atomic E-state index is 12.7. The normalized spacial score (nSPS) is 11.6. The number of benzene rings is 2. The number of allylic oxidation sites excluding steroid dienone is 1. The minimum absolute atomic E-state index is 0.0514. The van der Waals surface area contributed by atoms with Crippen LogP contribution in [0.5, 0.6) is 0 Å². The summed E-state index contributed by atoms with van der Waals surface area (Å²) >= 11 is 1.90. The Balaban J connectivity index is 2.24. The van der Waals surface area contributed by atoms with Crippen LogP contribution in [-0.2, 0) is 21.0 Å². The molecule has 0 radical (unpaired) electrons. The average Bonchev–Trinajstić information content (AvgIpc) is 2.70. The van der Waals surface area contributed by atoms with Gasteiger partial charge in [0.15, 0.2) is 5.78 Å². The first-order chi connectivity index (χ1) is 13.7. The van der Waals surface area contributed by atoms with Crippen LogP contribution in [0.15, 0.2) is 59.6 Å². The summed E-state index contributed by atoms with van der Waals surface area (Å²) in [6.07, 6.45) is 3.06. The number of nitrogens with one attached hydrogen (secondary N) is 1. The van der Waals surface area contributed by atoms with Gasteiger partial charge in [-0.15, -0.1) is 0 Å². The Bertz CT molecular complexity index is 1050. The van der Waals surface area contributed by atoms with Gasteiger partial charge < -0.3 is 4.90 Å². The van der Waals surface area contributed by atoms with Crippen molar-refractivity contribution in [3.05, 3.63) is 81.5 Å². The maximum Gasteiger partial charge on any atom is 0.274 e. The third-order valence-electron chi connectivity index (χ3n) is 3.93. The molecule has 0 aliphatic heterocycles. The molecule has 154 valence electrons. The van der Waals surface area contributed by atoms with E-state index in [-0.39, 0.29) is 32.9 Å². The van der Waals surface area contributed by atoms with Gasteiger partial charge in [-0.2, -0.15) is 0 Å². The Morgan fingerprint density at radius 2 is 1.93 bits per heavy atom. The molecule has 8 nitrogen and oxygen atoms in total. The zero-order chi connectivity index (χ0) is 21.6.